The fourth-order valence-corrected chi connectivity index (χ4v) is 4.60. The number of hydrazine groups is 1. The number of carbonyl (C=O) groups excluding carboxylic acids is 1. The Balaban J connectivity index is 1.32. The smallest absolute Gasteiger partial charge is 0.248 e. The Morgan fingerprint density at radius 1 is 1.26 bits per heavy atom. The number of thiocarbonyl (C=S) groups is 1. The number of amides is 1. The van der Waals surface area contributed by atoms with Gasteiger partial charge in [0.05, 0.1) is 24.4 Å². The molecule has 1 saturated heterocycles. The van der Waals surface area contributed by atoms with Crippen LogP contribution in [-0.4, -0.2) is 54.0 Å². The molecule has 1 amide bonds. The minimum atomic E-state index is -0.229. The lowest BCUT2D eigenvalue weighted by molar-refractivity contribution is -0.119. The highest BCUT2D eigenvalue weighted by Crippen LogP contribution is 2.25. The zero-order chi connectivity index (χ0) is 23.9. The number of hydrogen-bond donors (Lipinski definition) is 3. The van der Waals surface area contributed by atoms with Crippen LogP contribution in [0.5, 0.6) is 0 Å². The Morgan fingerprint density at radius 3 is 2.79 bits per heavy atom. The van der Waals surface area contributed by atoms with Gasteiger partial charge in [0.15, 0.2) is 16.1 Å². The first-order valence-corrected chi connectivity index (χ1v) is 12.5. The number of aromatic nitrogens is 5. The van der Waals surface area contributed by atoms with Crippen LogP contribution in [0.1, 0.15) is 31.4 Å². The van der Waals surface area contributed by atoms with Crippen molar-refractivity contribution in [3.05, 3.63) is 48.2 Å². The Bertz CT molecular complexity index is 1110. The van der Waals surface area contributed by atoms with E-state index in [0.717, 1.165) is 30.7 Å². The highest BCUT2D eigenvalue weighted by molar-refractivity contribution is 7.99. The van der Waals surface area contributed by atoms with Crippen LogP contribution < -0.4 is 16.2 Å². The van der Waals surface area contributed by atoms with Crippen LogP contribution in [0.25, 0.3) is 11.5 Å². The summed E-state index contributed by atoms with van der Waals surface area (Å²) in [6.07, 6.45) is 3.99. The molecule has 0 aliphatic carbocycles. The van der Waals surface area contributed by atoms with Crippen LogP contribution in [-0.2, 0) is 23.1 Å². The van der Waals surface area contributed by atoms with E-state index in [0.29, 0.717) is 22.6 Å². The molecule has 0 spiro atoms. The molecule has 0 unspecified atom stereocenters. The molecule has 10 nitrogen and oxygen atoms in total. The molecule has 2 atom stereocenters. The Kier molecular flexibility index (Phi) is 8.14. The predicted octanol–water partition coefficient (Wildman–Crippen LogP) is 2.21. The van der Waals surface area contributed by atoms with Crippen molar-refractivity contribution >= 4 is 35.0 Å². The summed E-state index contributed by atoms with van der Waals surface area (Å²) in [5.74, 6) is 0.584. The molecule has 180 valence electrons. The van der Waals surface area contributed by atoms with Crippen molar-refractivity contribution in [2.75, 3.05) is 12.4 Å². The van der Waals surface area contributed by atoms with Crippen LogP contribution in [0.3, 0.4) is 0 Å². The van der Waals surface area contributed by atoms with Gasteiger partial charge in [-0.25, -0.2) is 0 Å². The summed E-state index contributed by atoms with van der Waals surface area (Å²) in [4.78, 5) is 12.4. The van der Waals surface area contributed by atoms with Gasteiger partial charge in [0, 0.05) is 19.9 Å². The van der Waals surface area contributed by atoms with E-state index in [2.05, 4.69) is 31.5 Å². The van der Waals surface area contributed by atoms with Crippen LogP contribution in [0.15, 0.2) is 47.8 Å². The van der Waals surface area contributed by atoms with Crippen molar-refractivity contribution in [2.45, 2.75) is 43.6 Å². The zero-order valence-corrected chi connectivity index (χ0v) is 20.7. The van der Waals surface area contributed by atoms with E-state index in [9.17, 15) is 4.79 Å². The maximum absolute atomic E-state index is 12.4. The number of hydrogen-bond acceptors (Lipinski definition) is 7. The molecule has 0 bridgehead atoms. The van der Waals surface area contributed by atoms with Crippen LogP contribution >= 0.6 is 24.0 Å². The van der Waals surface area contributed by atoms with Crippen molar-refractivity contribution in [3.63, 3.8) is 0 Å². The number of nitrogens with zero attached hydrogens (tertiary/aromatic N) is 5. The van der Waals surface area contributed by atoms with E-state index in [-0.39, 0.29) is 23.8 Å². The zero-order valence-electron chi connectivity index (χ0n) is 19.1. The fraction of sp³-hybridized carbons (Fsp3) is 0.409. The molecule has 0 radical (unpaired) electrons. The van der Waals surface area contributed by atoms with Gasteiger partial charge in [-0.1, -0.05) is 42.1 Å². The van der Waals surface area contributed by atoms with Crippen LogP contribution in [0, 0.1) is 0 Å². The van der Waals surface area contributed by atoms with Crippen molar-refractivity contribution < 1.29 is 9.53 Å². The monoisotopic (exact) mass is 500 g/mol. The van der Waals surface area contributed by atoms with Gasteiger partial charge in [-0.15, -0.1) is 10.2 Å². The second-order valence-corrected chi connectivity index (χ2v) is 9.34. The number of rotatable bonds is 8. The Labute approximate surface area is 207 Å². The van der Waals surface area contributed by atoms with Gasteiger partial charge in [-0.3, -0.25) is 24.9 Å². The molecule has 1 aromatic carbocycles. The molecule has 1 aliphatic rings. The SMILES string of the molecule is C[C@@H](NC(=S)NNC(=O)CSc1nnc(-c2ccn(C)n2)n1C[C@H]1CCCO1)c1ccccc1. The molecule has 1 aliphatic heterocycles. The van der Waals surface area contributed by atoms with Gasteiger partial charge in [0.25, 0.3) is 0 Å². The summed E-state index contributed by atoms with van der Waals surface area (Å²) in [5.41, 5.74) is 7.22. The van der Waals surface area contributed by atoms with Gasteiger partial charge in [0.1, 0.15) is 5.69 Å². The highest BCUT2D eigenvalue weighted by atomic mass is 32.2. The molecule has 3 aromatic rings. The minimum absolute atomic E-state index is 0.00820. The third-order valence-corrected chi connectivity index (χ3v) is 6.55. The Morgan fingerprint density at radius 2 is 2.09 bits per heavy atom. The second kappa shape index (κ2) is 11.4. The summed E-state index contributed by atoms with van der Waals surface area (Å²) in [6, 6.07) is 11.8. The summed E-state index contributed by atoms with van der Waals surface area (Å²) < 4.78 is 9.52. The molecule has 34 heavy (non-hydrogen) atoms. The maximum Gasteiger partial charge on any atom is 0.248 e. The molecular weight excluding hydrogens is 472 g/mol. The van der Waals surface area contributed by atoms with E-state index in [4.69, 9.17) is 17.0 Å². The normalized spacial score (nSPS) is 16.2. The molecule has 4 rings (SSSR count). The molecule has 12 heteroatoms. The van der Waals surface area contributed by atoms with Crippen LogP contribution in [0.4, 0.5) is 0 Å². The second-order valence-electron chi connectivity index (χ2n) is 7.99. The van der Waals surface area contributed by atoms with Crippen molar-refractivity contribution in [2.24, 2.45) is 7.05 Å². The average molecular weight is 501 g/mol. The molecule has 1 fully saturated rings. The average Bonchev–Trinajstić information content (AvgIpc) is 3.59. The topological polar surface area (TPSA) is 111 Å². The standard InChI is InChI=1S/C22H28N8O2S2/c1-15(16-7-4-3-5-8-16)23-21(33)26-24-19(31)14-34-22-27-25-20(18-10-11-29(2)28-18)30(22)13-17-9-6-12-32-17/h3-5,7-8,10-11,15,17H,6,9,12-14H2,1-2H3,(H,24,31)(H2,23,26,33)/t15-,17-/m1/s1. The molecule has 3 N–H and O–H groups in total. The van der Waals surface area contributed by atoms with Crippen LogP contribution in [0.2, 0.25) is 0 Å². The third kappa shape index (κ3) is 6.33. The van der Waals surface area contributed by atoms with E-state index in [1.54, 1.807) is 4.68 Å². The van der Waals surface area contributed by atoms with Gasteiger partial charge in [-0.05, 0) is 43.6 Å². The van der Waals surface area contributed by atoms with Crippen molar-refractivity contribution in [1.82, 2.24) is 40.7 Å². The van der Waals surface area contributed by atoms with E-state index in [1.165, 1.54) is 11.8 Å². The van der Waals surface area contributed by atoms with Crippen molar-refractivity contribution in [3.8, 4) is 11.5 Å². The van der Waals surface area contributed by atoms with E-state index in [1.807, 2.05) is 61.1 Å². The Hall–Kier alpha value is -2.96. The fourth-order valence-electron chi connectivity index (χ4n) is 3.63. The van der Waals surface area contributed by atoms with Gasteiger partial charge in [0.2, 0.25) is 5.91 Å². The highest BCUT2D eigenvalue weighted by Gasteiger charge is 2.23. The molecule has 3 heterocycles. The first-order chi connectivity index (χ1) is 16.5. The number of thioether (sulfide) groups is 1. The molecular formula is C22H28N8O2S2. The lowest BCUT2D eigenvalue weighted by Crippen LogP contribution is -2.47. The van der Waals surface area contributed by atoms with E-state index >= 15 is 0 Å². The number of benzene rings is 1. The lowest BCUT2D eigenvalue weighted by Gasteiger charge is -2.17. The third-order valence-electron chi connectivity index (χ3n) is 5.36. The minimum Gasteiger partial charge on any atom is -0.376 e. The summed E-state index contributed by atoms with van der Waals surface area (Å²) in [7, 11) is 1.86. The summed E-state index contributed by atoms with van der Waals surface area (Å²) >= 11 is 6.60. The number of ether oxygens (including phenoxy) is 1. The quantitative estimate of drug-likeness (QED) is 0.243. The largest absolute Gasteiger partial charge is 0.376 e. The summed E-state index contributed by atoms with van der Waals surface area (Å²) in [6.45, 7) is 3.38. The van der Waals surface area contributed by atoms with Crippen molar-refractivity contribution in [1.29, 1.82) is 0 Å². The number of nitrogens with one attached hydrogen (secondary N) is 3. The van der Waals surface area contributed by atoms with Gasteiger partial charge >= 0.3 is 0 Å². The van der Waals surface area contributed by atoms with E-state index < -0.39 is 0 Å². The number of carbonyl (C=O) groups is 1. The molecule has 0 saturated carbocycles. The van der Waals surface area contributed by atoms with Gasteiger partial charge < -0.3 is 10.1 Å². The summed E-state index contributed by atoms with van der Waals surface area (Å²) in [5, 5.41) is 17.2. The number of aryl methyl sites for hydroxylation is 1. The lowest BCUT2D eigenvalue weighted by atomic mass is 10.1. The predicted molar refractivity (Wildman–Crippen MR) is 134 cm³/mol. The van der Waals surface area contributed by atoms with Gasteiger partial charge in [-0.2, -0.15) is 5.10 Å². The molecule has 2 aromatic heterocycles. The maximum atomic E-state index is 12.4. The first-order valence-electron chi connectivity index (χ1n) is 11.1. The first kappa shape index (κ1) is 24.2.